The van der Waals surface area contributed by atoms with Crippen LogP contribution < -0.4 is 5.56 Å². The Balaban J connectivity index is 1.90. The Labute approximate surface area is 124 Å². The van der Waals surface area contributed by atoms with E-state index >= 15 is 0 Å². The summed E-state index contributed by atoms with van der Waals surface area (Å²) in [7, 11) is 0. The van der Waals surface area contributed by atoms with Gasteiger partial charge in [-0.05, 0) is 12.1 Å². The second-order valence-corrected chi connectivity index (χ2v) is 5.56. The number of hydrogen-bond donors (Lipinski definition) is 0. The number of aromatic nitrogens is 3. The highest BCUT2D eigenvalue weighted by Gasteiger charge is 2.06. The van der Waals surface area contributed by atoms with Gasteiger partial charge >= 0.3 is 0 Å². The molecule has 0 atom stereocenters. The van der Waals surface area contributed by atoms with Gasteiger partial charge in [-0.25, -0.2) is 9.97 Å². The summed E-state index contributed by atoms with van der Waals surface area (Å²) in [5, 5.41) is 2.95. The van der Waals surface area contributed by atoms with E-state index in [4.69, 9.17) is 11.6 Å². The number of halogens is 1. The van der Waals surface area contributed by atoms with Gasteiger partial charge in [0.15, 0.2) is 0 Å². The topological polar surface area (TPSA) is 47.8 Å². The monoisotopic (exact) mass is 305 g/mol. The molecule has 0 fully saturated rings. The van der Waals surface area contributed by atoms with Crippen molar-refractivity contribution in [2.45, 2.75) is 18.8 Å². The number of rotatable bonds is 4. The second-order valence-electron chi connectivity index (χ2n) is 4.35. The van der Waals surface area contributed by atoms with Gasteiger partial charge in [0, 0.05) is 18.3 Å². The molecular formula is C14H12ClN3OS. The zero-order valence-corrected chi connectivity index (χ0v) is 12.2. The number of thiazole rings is 1. The zero-order valence-electron chi connectivity index (χ0n) is 10.6. The van der Waals surface area contributed by atoms with Crippen molar-refractivity contribution in [1.29, 1.82) is 0 Å². The van der Waals surface area contributed by atoms with E-state index in [1.807, 2.05) is 29.6 Å². The zero-order chi connectivity index (χ0) is 13.9. The molecule has 6 heteroatoms. The van der Waals surface area contributed by atoms with Crippen molar-refractivity contribution in [3.63, 3.8) is 0 Å². The van der Waals surface area contributed by atoms with Gasteiger partial charge in [-0.3, -0.25) is 4.79 Å². The molecule has 0 amide bonds. The van der Waals surface area contributed by atoms with Crippen molar-refractivity contribution in [2.75, 3.05) is 0 Å². The number of fused-ring (bicyclic) bond motifs is 1. The number of hydrogen-bond acceptors (Lipinski definition) is 4. The third-order valence-corrected chi connectivity index (χ3v) is 4.27. The number of aryl methyl sites for hydroxylation is 2. The fourth-order valence-electron chi connectivity index (χ4n) is 2.08. The lowest BCUT2D eigenvalue weighted by atomic mass is 10.3. The second kappa shape index (κ2) is 5.73. The lowest BCUT2D eigenvalue weighted by Gasteiger charge is -2.08. The first-order valence-corrected chi connectivity index (χ1v) is 7.63. The summed E-state index contributed by atoms with van der Waals surface area (Å²) < 4.78 is 1.74. The summed E-state index contributed by atoms with van der Waals surface area (Å²) in [5.41, 5.74) is 2.48. The quantitative estimate of drug-likeness (QED) is 0.696. The summed E-state index contributed by atoms with van der Waals surface area (Å²) in [6.45, 7) is 0.594. The average molecular weight is 306 g/mol. The third kappa shape index (κ3) is 2.59. The highest BCUT2D eigenvalue weighted by atomic mass is 35.5. The smallest absolute Gasteiger partial charge is 0.269 e. The number of para-hydroxylation sites is 2. The Bertz CT molecular complexity index is 796. The molecule has 0 spiro atoms. The van der Waals surface area contributed by atoms with E-state index < -0.39 is 0 Å². The van der Waals surface area contributed by atoms with Gasteiger partial charge in [0.1, 0.15) is 0 Å². The van der Waals surface area contributed by atoms with Crippen molar-refractivity contribution in [1.82, 2.24) is 14.5 Å². The van der Waals surface area contributed by atoms with Crippen LogP contribution in [0, 0.1) is 0 Å². The number of nitrogens with zero attached hydrogens (tertiary/aromatic N) is 3. The molecule has 102 valence electrons. The van der Waals surface area contributed by atoms with Crippen molar-refractivity contribution in [3.05, 3.63) is 56.9 Å². The molecule has 0 aliphatic carbocycles. The first-order chi connectivity index (χ1) is 9.78. The molecule has 0 aliphatic rings. The molecule has 1 aromatic carbocycles. The van der Waals surface area contributed by atoms with Crippen LogP contribution in [0.1, 0.15) is 10.7 Å². The van der Waals surface area contributed by atoms with Gasteiger partial charge in [0.05, 0.1) is 33.8 Å². The lowest BCUT2D eigenvalue weighted by Crippen LogP contribution is -2.21. The molecule has 0 saturated carbocycles. The Hall–Kier alpha value is -1.72. The van der Waals surface area contributed by atoms with Gasteiger partial charge in [0.25, 0.3) is 5.56 Å². The summed E-state index contributed by atoms with van der Waals surface area (Å²) in [6, 6.07) is 7.64. The SMILES string of the molecule is O=c1cnc2ccccc2n1CCc1nc(CCl)cs1. The maximum atomic E-state index is 12.0. The number of benzene rings is 1. The molecule has 0 aliphatic heterocycles. The summed E-state index contributed by atoms with van der Waals surface area (Å²) in [4.78, 5) is 20.5. The van der Waals surface area contributed by atoms with E-state index in [1.54, 1.807) is 15.9 Å². The molecule has 20 heavy (non-hydrogen) atoms. The first kappa shape index (κ1) is 13.3. The van der Waals surface area contributed by atoms with Crippen LogP contribution in [0.25, 0.3) is 11.0 Å². The van der Waals surface area contributed by atoms with Gasteiger partial charge in [-0.15, -0.1) is 22.9 Å². The van der Waals surface area contributed by atoms with Gasteiger partial charge in [0.2, 0.25) is 0 Å². The normalized spacial score (nSPS) is 11.1. The van der Waals surface area contributed by atoms with Crippen LogP contribution in [0.15, 0.2) is 40.6 Å². The number of alkyl halides is 1. The molecule has 0 N–H and O–H groups in total. The maximum Gasteiger partial charge on any atom is 0.269 e. The molecule has 0 bridgehead atoms. The molecule has 0 unspecified atom stereocenters. The Morgan fingerprint density at radius 1 is 1.30 bits per heavy atom. The molecular weight excluding hydrogens is 294 g/mol. The predicted molar refractivity (Wildman–Crippen MR) is 81.4 cm³/mol. The molecule has 2 aromatic heterocycles. The van der Waals surface area contributed by atoms with E-state index in [-0.39, 0.29) is 5.56 Å². The van der Waals surface area contributed by atoms with Gasteiger partial charge < -0.3 is 4.57 Å². The van der Waals surface area contributed by atoms with Crippen LogP contribution >= 0.6 is 22.9 Å². The predicted octanol–water partition coefficient (Wildman–Crippen LogP) is 2.83. The van der Waals surface area contributed by atoms with Crippen LogP contribution in [0.4, 0.5) is 0 Å². The summed E-state index contributed by atoms with van der Waals surface area (Å²) in [5.74, 6) is 0.425. The van der Waals surface area contributed by atoms with Crippen molar-refractivity contribution in [2.24, 2.45) is 0 Å². The summed E-state index contributed by atoms with van der Waals surface area (Å²) >= 11 is 7.32. The molecule has 0 radical (unpaired) electrons. The molecule has 3 rings (SSSR count). The van der Waals surface area contributed by atoms with Crippen molar-refractivity contribution in [3.8, 4) is 0 Å². The van der Waals surface area contributed by atoms with Crippen LogP contribution in [0.2, 0.25) is 0 Å². The largest absolute Gasteiger partial charge is 0.305 e. The lowest BCUT2D eigenvalue weighted by molar-refractivity contribution is 0.687. The highest BCUT2D eigenvalue weighted by Crippen LogP contribution is 2.14. The fourth-order valence-corrected chi connectivity index (χ4v) is 3.09. The minimum Gasteiger partial charge on any atom is -0.305 e. The van der Waals surface area contributed by atoms with E-state index in [1.165, 1.54) is 6.20 Å². The standard InChI is InChI=1S/C14H12ClN3OS/c15-7-10-9-20-13(17-10)5-6-18-12-4-2-1-3-11(12)16-8-14(18)19/h1-4,8-9H,5-7H2. The molecule has 0 saturated heterocycles. The maximum absolute atomic E-state index is 12.0. The molecule has 2 heterocycles. The fraction of sp³-hybridized carbons (Fsp3) is 0.214. The highest BCUT2D eigenvalue weighted by molar-refractivity contribution is 7.09. The molecule has 3 aromatic rings. The minimum absolute atomic E-state index is 0.0853. The third-order valence-electron chi connectivity index (χ3n) is 3.04. The van der Waals surface area contributed by atoms with E-state index in [2.05, 4.69) is 9.97 Å². The Morgan fingerprint density at radius 3 is 2.95 bits per heavy atom. The summed E-state index contributed by atoms with van der Waals surface area (Å²) in [6.07, 6.45) is 2.09. The Morgan fingerprint density at radius 2 is 2.15 bits per heavy atom. The van der Waals surface area contributed by atoms with Gasteiger partial charge in [-0.1, -0.05) is 12.1 Å². The first-order valence-electron chi connectivity index (χ1n) is 6.22. The van der Waals surface area contributed by atoms with Crippen LogP contribution in [0.3, 0.4) is 0 Å². The van der Waals surface area contributed by atoms with E-state index in [0.29, 0.717) is 12.4 Å². The van der Waals surface area contributed by atoms with Crippen LogP contribution in [0.5, 0.6) is 0 Å². The average Bonchev–Trinajstić information content (AvgIpc) is 2.94. The van der Waals surface area contributed by atoms with E-state index in [0.717, 1.165) is 28.2 Å². The van der Waals surface area contributed by atoms with Crippen LogP contribution in [-0.4, -0.2) is 14.5 Å². The Kier molecular flexibility index (Phi) is 3.80. The van der Waals surface area contributed by atoms with Crippen molar-refractivity contribution < 1.29 is 0 Å². The van der Waals surface area contributed by atoms with Crippen molar-refractivity contribution >= 4 is 34.0 Å². The minimum atomic E-state index is -0.0853. The van der Waals surface area contributed by atoms with Gasteiger partial charge in [-0.2, -0.15) is 0 Å². The van der Waals surface area contributed by atoms with Crippen LogP contribution in [-0.2, 0) is 18.8 Å². The van der Waals surface area contributed by atoms with E-state index in [9.17, 15) is 4.79 Å². The molecule has 4 nitrogen and oxygen atoms in total.